The number of nitrogen functional groups attached to an aromatic ring is 1. The first kappa shape index (κ1) is 19.1. The van der Waals surface area contributed by atoms with E-state index in [2.05, 4.69) is 6.92 Å². The number of rotatable bonds is 12. The van der Waals surface area contributed by atoms with Gasteiger partial charge in [-0.25, -0.2) is 0 Å². The molecule has 2 N–H and O–H groups in total. The van der Waals surface area contributed by atoms with Crippen molar-refractivity contribution >= 4 is 5.69 Å². The van der Waals surface area contributed by atoms with Crippen LogP contribution in [0.15, 0.2) is 48.5 Å². The summed E-state index contributed by atoms with van der Waals surface area (Å²) in [5, 5.41) is 0. The van der Waals surface area contributed by atoms with Crippen LogP contribution < -0.4 is 15.2 Å². The number of nitrogens with two attached hydrogens (primary N) is 1. The van der Waals surface area contributed by atoms with Gasteiger partial charge in [-0.1, -0.05) is 13.3 Å². The lowest BCUT2D eigenvalue weighted by atomic mass is 10.3. The Bertz CT molecular complexity index is 584. The highest BCUT2D eigenvalue weighted by Crippen LogP contribution is 2.24. The maximum absolute atomic E-state index is 5.74. The molecular weight excluding hydrogens is 318 g/mol. The molecular formula is C20H27NO4. The Morgan fingerprint density at radius 1 is 0.680 bits per heavy atom. The van der Waals surface area contributed by atoms with Gasteiger partial charge in [0.2, 0.25) is 0 Å². The van der Waals surface area contributed by atoms with Crippen LogP contribution in [0.4, 0.5) is 5.69 Å². The molecule has 0 saturated carbocycles. The van der Waals surface area contributed by atoms with Crippen molar-refractivity contribution in [3.8, 4) is 17.2 Å². The second-order valence-electron chi connectivity index (χ2n) is 5.57. The average molecular weight is 345 g/mol. The summed E-state index contributed by atoms with van der Waals surface area (Å²) in [5.41, 5.74) is 6.37. The van der Waals surface area contributed by atoms with Crippen LogP contribution in [0, 0.1) is 0 Å². The molecule has 2 aromatic carbocycles. The van der Waals surface area contributed by atoms with Crippen LogP contribution in [0.5, 0.6) is 17.2 Å². The highest BCUT2D eigenvalue weighted by Gasteiger charge is 1.99. The maximum atomic E-state index is 5.74. The summed E-state index contributed by atoms with van der Waals surface area (Å²) < 4.78 is 22.3. The van der Waals surface area contributed by atoms with Crippen LogP contribution >= 0.6 is 0 Å². The van der Waals surface area contributed by atoms with Crippen molar-refractivity contribution in [3.63, 3.8) is 0 Å². The monoisotopic (exact) mass is 345 g/mol. The van der Waals surface area contributed by atoms with E-state index in [4.69, 9.17) is 24.7 Å². The smallest absolute Gasteiger partial charge is 0.127 e. The van der Waals surface area contributed by atoms with Crippen LogP contribution in [0.1, 0.15) is 19.8 Å². The van der Waals surface area contributed by atoms with Gasteiger partial charge in [0, 0.05) is 12.3 Å². The van der Waals surface area contributed by atoms with Crippen LogP contribution in [0.3, 0.4) is 0 Å². The Hall–Kier alpha value is -2.24. The van der Waals surface area contributed by atoms with Crippen molar-refractivity contribution in [2.45, 2.75) is 19.8 Å². The summed E-state index contributed by atoms with van der Waals surface area (Å²) in [4.78, 5) is 0. The van der Waals surface area contributed by atoms with Gasteiger partial charge in [0.1, 0.15) is 23.9 Å². The van der Waals surface area contributed by atoms with Crippen LogP contribution in [0.2, 0.25) is 0 Å². The molecule has 0 bridgehead atoms. The summed E-state index contributed by atoms with van der Waals surface area (Å²) in [6.07, 6.45) is 2.25. The van der Waals surface area contributed by atoms with E-state index in [1.165, 1.54) is 0 Å². The molecule has 136 valence electrons. The molecule has 5 heteroatoms. The van der Waals surface area contributed by atoms with Gasteiger partial charge in [-0.3, -0.25) is 0 Å². The Labute approximate surface area is 149 Å². The Balaban J connectivity index is 1.59. The molecule has 0 unspecified atom stereocenters. The van der Waals surface area contributed by atoms with E-state index < -0.39 is 0 Å². The largest absolute Gasteiger partial charge is 0.491 e. The molecule has 0 aliphatic heterocycles. The van der Waals surface area contributed by atoms with Crippen molar-refractivity contribution in [1.82, 2.24) is 0 Å². The first-order valence-corrected chi connectivity index (χ1v) is 8.69. The summed E-state index contributed by atoms with van der Waals surface area (Å²) in [6, 6.07) is 14.8. The topological polar surface area (TPSA) is 62.9 Å². The summed E-state index contributed by atoms with van der Waals surface area (Å²) in [5.74, 6) is 2.28. The molecule has 0 amide bonds. The summed E-state index contributed by atoms with van der Waals surface area (Å²) in [6.45, 7) is 5.24. The standard InChI is InChI=1S/C20H27NO4/c1-2-3-12-22-13-14-23-15-16-24-18-8-10-20(11-9-18)25-19-6-4-17(21)5-7-19/h4-11H,2-3,12-16,21H2,1H3. The Morgan fingerprint density at radius 3 is 1.84 bits per heavy atom. The highest BCUT2D eigenvalue weighted by atomic mass is 16.5. The summed E-state index contributed by atoms with van der Waals surface area (Å²) in [7, 11) is 0. The average Bonchev–Trinajstić information content (AvgIpc) is 2.63. The molecule has 2 rings (SSSR count). The molecule has 2 aromatic rings. The van der Waals surface area contributed by atoms with Crippen molar-refractivity contribution in [2.75, 3.05) is 38.8 Å². The van der Waals surface area contributed by atoms with Gasteiger partial charge in [0.15, 0.2) is 0 Å². The van der Waals surface area contributed by atoms with Crippen molar-refractivity contribution in [3.05, 3.63) is 48.5 Å². The zero-order chi connectivity index (χ0) is 17.7. The molecule has 0 spiro atoms. The van der Waals surface area contributed by atoms with Crippen LogP contribution in [-0.4, -0.2) is 33.0 Å². The predicted octanol–water partition coefficient (Wildman–Crippen LogP) is 4.27. The number of ether oxygens (including phenoxy) is 4. The third kappa shape index (κ3) is 7.92. The lowest BCUT2D eigenvalue weighted by Crippen LogP contribution is -2.11. The molecule has 0 radical (unpaired) electrons. The Kier molecular flexibility index (Phi) is 8.66. The third-order valence-corrected chi connectivity index (χ3v) is 3.45. The zero-order valence-electron chi connectivity index (χ0n) is 14.8. The lowest BCUT2D eigenvalue weighted by molar-refractivity contribution is 0.0356. The Morgan fingerprint density at radius 2 is 1.20 bits per heavy atom. The maximum Gasteiger partial charge on any atom is 0.127 e. The first-order valence-electron chi connectivity index (χ1n) is 8.69. The van der Waals surface area contributed by atoms with Crippen molar-refractivity contribution in [2.24, 2.45) is 0 Å². The van der Waals surface area contributed by atoms with Gasteiger partial charge < -0.3 is 24.7 Å². The predicted molar refractivity (Wildman–Crippen MR) is 99.4 cm³/mol. The minimum Gasteiger partial charge on any atom is -0.491 e. The molecule has 5 nitrogen and oxygen atoms in total. The van der Waals surface area contributed by atoms with E-state index in [0.29, 0.717) is 32.1 Å². The fourth-order valence-electron chi connectivity index (χ4n) is 2.06. The van der Waals surface area contributed by atoms with Gasteiger partial charge in [-0.05, 0) is 55.0 Å². The molecule has 0 aromatic heterocycles. The quantitative estimate of drug-likeness (QED) is 0.460. The van der Waals surface area contributed by atoms with E-state index >= 15 is 0 Å². The molecule has 0 saturated heterocycles. The van der Waals surface area contributed by atoms with E-state index in [1.54, 1.807) is 0 Å². The van der Waals surface area contributed by atoms with Crippen molar-refractivity contribution < 1.29 is 18.9 Å². The van der Waals surface area contributed by atoms with Crippen LogP contribution in [-0.2, 0) is 9.47 Å². The molecule has 25 heavy (non-hydrogen) atoms. The lowest BCUT2D eigenvalue weighted by Gasteiger charge is -2.09. The molecule has 0 aliphatic rings. The second-order valence-corrected chi connectivity index (χ2v) is 5.57. The number of hydrogen-bond donors (Lipinski definition) is 1. The van der Waals surface area contributed by atoms with Gasteiger partial charge in [0.25, 0.3) is 0 Å². The number of hydrogen-bond acceptors (Lipinski definition) is 5. The van der Waals surface area contributed by atoms with E-state index in [9.17, 15) is 0 Å². The molecule has 0 atom stereocenters. The molecule has 0 heterocycles. The molecule has 0 fully saturated rings. The van der Waals surface area contributed by atoms with E-state index in [0.717, 1.165) is 36.7 Å². The third-order valence-electron chi connectivity index (χ3n) is 3.45. The zero-order valence-corrected chi connectivity index (χ0v) is 14.8. The van der Waals surface area contributed by atoms with Gasteiger partial charge in [-0.15, -0.1) is 0 Å². The van der Waals surface area contributed by atoms with E-state index in [1.807, 2.05) is 48.5 Å². The SMILES string of the molecule is CCCCOCCOCCOc1ccc(Oc2ccc(N)cc2)cc1. The first-order chi connectivity index (χ1) is 12.3. The van der Waals surface area contributed by atoms with E-state index in [-0.39, 0.29) is 0 Å². The highest BCUT2D eigenvalue weighted by molar-refractivity contribution is 5.43. The van der Waals surface area contributed by atoms with Gasteiger partial charge in [0.05, 0.1) is 19.8 Å². The number of benzene rings is 2. The number of anilines is 1. The van der Waals surface area contributed by atoms with Gasteiger partial charge in [-0.2, -0.15) is 0 Å². The normalized spacial score (nSPS) is 10.6. The number of unbranched alkanes of at least 4 members (excludes halogenated alkanes) is 1. The minimum atomic E-state index is 0.507. The fraction of sp³-hybridized carbons (Fsp3) is 0.400. The van der Waals surface area contributed by atoms with Gasteiger partial charge >= 0.3 is 0 Å². The molecule has 0 aliphatic carbocycles. The second kappa shape index (κ2) is 11.3. The van der Waals surface area contributed by atoms with Crippen LogP contribution in [0.25, 0.3) is 0 Å². The summed E-state index contributed by atoms with van der Waals surface area (Å²) >= 11 is 0. The van der Waals surface area contributed by atoms with Crippen molar-refractivity contribution in [1.29, 1.82) is 0 Å². The fourth-order valence-corrected chi connectivity index (χ4v) is 2.06. The minimum absolute atomic E-state index is 0.507.